The third-order valence-electron chi connectivity index (χ3n) is 2.53. The van der Waals surface area contributed by atoms with E-state index in [0.29, 0.717) is 18.7 Å². The van der Waals surface area contributed by atoms with Crippen LogP contribution in [0.2, 0.25) is 0 Å². The first-order valence-electron chi connectivity index (χ1n) is 5.61. The molecule has 1 rings (SSSR count). The Morgan fingerprint density at radius 2 is 2.12 bits per heavy atom. The lowest BCUT2D eigenvalue weighted by Gasteiger charge is -2.16. The lowest BCUT2D eigenvalue weighted by atomic mass is 10.1. The van der Waals surface area contributed by atoms with E-state index in [1.165, 1.54) is 0 Å². The molecule has 0 atom stereocenters. The summed E-state index contributed by atoms with van der Waals surface area (Å²) in [5, 5.41) is 2.80. The molecule has 0 radical (unpaired) electrons. The Hall–Kier alpha value is -1.55. The van der Waals surface area contributed by atoms with E-state index >= 15 is 0 Å². The van der Waals surface area contributed by atoms with Gasteiger partial charge in [-0.1, -0.05) is 0 Å². The molecule has 0 aromatic heterocycles. The van der Waals surface area contributed by atoms with Gasteiger partial charge in [0.25, 0.3) is 5.91 Å². The minimum Gasteiger partial charge on any atom is -0.383 e. The highest BCUT2D eigenvalue weighted by Crippen LogP contribution is 2.18. The van der Waals surface area contributed by atoms with E-state index in [1.54, 1.807) is 7.11 Å². The van der Waals surface area contributed by atoms with Crippen LogP contribution in [-0.2, 0) is 4.74 Å². The Kier molecular flexibility index (Phi) is 4.97. The summed E-state index contributed by atoms with van der Waals surface area (Å²) in [6, 6.07) is 5.70. The summed E-state index contributed by atoms with van der Waals surface area (Å²) in [5.41, 5.74) is 2.90. The maximum atomic E-state index is 11.8. The minimum absolute atomic E-state index is 0.0598. The second-order valence-corrected chi connectivity index (χ2v) is 4.14. The van der Waals surface area contributed by atoms with E-state index in [-0.39, 0.29) is 5.91 Å². The molecule has 17 heavy (non-hydrogen) atoms. The van der Waals surface area contributed by atoms with Crippen molar-refractivity contribution in [1.82, 2.24) is 5.32 Å². The summed E-state index contributed by atoms with van der Waals surface area (Å²) < 4.78 is 4.88. The lowest BCUT2D eigenvalue weighted by molar-refractivity contribution is 0.0937. The van der Waals surface area contributed by atoms with Crippen molar-refractivity contribution in [2.24, 2.45) is 0 Å². The predicted octanol–water partition coefficient (Wildman–Crippen LogP) is 1.44. The number of hydrogen-bond donors (Lipinski definition) is 1. The van der Waals surface area contributed by atoms with Gasteiger partial charge in [0.2, 0.25) is 0 Å². The Bertz CT molecular complexity index is 389. The quantitative estimate of drug-likeness (QED) is 0.786. The van der Waals surface area contributed by atoms with Crippen LogP contribution in [0.15, 0.2) is 18.2 Å². The Morgan fingerprint density at radius 1 is 1.41 bits per heavy atom. The number of hydrogen-bond acceptors (Lipinski definition) is 3. The van der Waals surface area contributed by atoms with Crippen molar-refractivity contribution >= 4 is 11.6 Å². The van der Waals surface area contributed by atoms with Crippen LogP contribution >= 0.6 is 0 Å². The normalized spacial score (nSPS) is 10.1. The number of nitrogens with one attached hydrogen (secondary N) is 1. The number of carbonyl (C=O) groups is 1. The van der Waals surface area contributed by atoms with Gasteiger partial charge in [0.05, 0.1) is 6.61 Å². The molecule has 0 saturated heterocycles. The van der Waals surface area contributed by atoms with E-state index in [4.69, 9.17) is 4.74 Å². The van der Waals surface area contributed by atoms with E-state index in [2.05, 4.69) is 5.32 Å². The largest absolute Gasteiger partial charge is 0.383 e. The number of benzene rings is 1. The maximum Gasteiger partial charge on any atom is 0.251 e. The highest BCUT2D eigenvalue weighted by Gasteiger charge is 2.07. The van der Waals surface area contributed by atoms with Crippen LogP contribution in [-0.4, -0.2) is 40.3 Å². The van der Waals surface area contributed by atoms with Crippen molar-refractivity contribution in [3.63, 3.8) is 0 Å². The molecule has 4 nitrogen and oxygen atoms in total. The molecular weight excluding hydrogens is 216 g/mol. The summed E-state index contributed by atoms with van der Waals surface area (Å²) in [6.07, 6.45) is 0. The summed E-state index contributed by atoms with van der Waals surface area (Å²) in [5.74, 6) is -0.0598. The molecule has 0 bridgehead atoms. The second kappa shape index (κ2) is 6.25. The van der Waals surface area contributed by atoms with Crippen LogP contribution < -0.4 is 10.2 Å². The van der Waals surface area contributed by atoms with Gasteiger partial charge in [0, 0.05) is 39.0 Å². The van der Waals surface area contributed by atoms with E-state index in [1.807, 2.05) is 44.1 Å². The summed E-state index contributed by atoms with van der Waals surface area (Å²) in [6.45, 7) is 3.06. The van der Waals surface area contributed by atoms with Gasteiger partial charge in [-0.3, -0.25) is 4.79 Å². The fourth-order valence-corrected chi connectivity index (χ4v) is 1.67. The minimum atomic E-state index is -0.0598. The van der Waals surface area contributed by atoms with Crippen LogP contribution in [0.4, 0.5) is 5.69 Å². The fraction of sp³-hybridized carbons (Fsp3) is 0.462. The Balaban J connectivity index is 2.72. The van der Waals surface area contributed by atoms with E-state index in [0.717, 1.165) is 11.3 Å². The van der Waals surface area contributed by atoms with Crippen LogP contribution in [0.3, 0.4) is 0 Å². The number of nitrogens with zero attached hydrogens (tertiary/aromatic N) is 1. The number of anilines is 1. The number of amides is 1. The summed E-state index contributed by atoms with van der Waals surface area (Å²) >= 11 is 0. The topological polar surface area (TPSA) is 41.6 Å². The molecule has 0 unspecified atom stereocenters. The first kappa shape index (κ1) is 13.5. The van der Waals surface area contributed by atoms with Crippen molar-refractivity contribution in [2.75, 3.05) is 39.3 Å². The highest BCUT2D eigenvalue weighted by molar-refractivity contribution is 5.94. The van der Waals surface area contributed by atoms with Crippen molar-refractivity contribution < 1.29 is 9.53 Å². The van der Waals surface area contributed by atoms with Gasteiger partial charge in [-0.05, 0) is 30.7 Å². The average molecular weight is 236 g/mol. The molecule has 0 heterocycles. The van der Waals surface area contributed by atoms with Gasteiger partial charge in [-0.2, -0.15) is 0 Å². The van der Waals surface area contributed by atoms with Crippen LogP contribution in [0, 0.1) is 6.92 Å². The monoisotopic (exact) mass is 236 g/mol. The molecule has 1 aromatic carbocycles. The number of ether oxygens (including phenoxy) is 1. The third kappa shape index (κ3) is 3.75. The Labute approximate surface area is 103 Å². The van der Waals surface area contributed by atoms with Crippen molar-refractivity contribution in [3.8, 4) is 0 Å². The molecule has 94 valence electrons. The number of aryl methyl sites for hydroxylation is 1. The van der Waals surface area contributed by atoms with Gasteiger partial charge in [-0.25, -0.2) is 0 Å². The van der Waals surface area contributed by atoms with E-state index < -0.39 is 0 Å². The predicted molar refractivity (Wildman–Crippen MR) is 69.7 cm³/mol. The maximum absolute atomic E-state index is 11.8. The van der Waals surface area contributed by atoms with Crippen LogP contribution in [0.5, 0.6) is 0 Å². The molecular formula is C13H20N2O2. The van der Waals surface area contributed by atoms with Gasteiger partial charge in [0.1, 0.15) is 0 Å². The summed E-state index contributed by atoms with van der Waals surface area (Å²) in [7, 11) is 5.59. The fourth-order valence-electron chi connectivity index (χ4n) is 1.67. The van der Waals surface area contributed by atoms with Crippen molar-refractivity contribution in [1.29, 1.82) is 0 Å². The molecule has 0 spiro atoms. The highest BCUT2D eigenvalue weighted by atomic mass is 16.5. The first-order valence-corrected chi connectivity index (χ1v) is 5.61. The SMILES string of the molecule is COCCNC(=O)c1ccc(N(C)C)c(C)c1. The van der Waals surface area contributed by atoms with Crippen molar-refractivity contribution in [3.05, 3.63) is 29.3 Å². The zero-order valence-corrected chi connectivity index (χ0v) is 10.9. The van der Waals surface area contributed by atoms with Gasteiger partial charge < -0.3 is 15.0 Å². The zero-order chi connectivity index (χ0) is 12.8. The third-order valence-corrected chi connectivity index (χ3v) is 2.53. The molecule has 0 aliphatic rings. The first-order chi connectivity index (χ1) is 8.06. The van der Waals surface area contributed by atoms with Gasteiger partial charge >= 0.3 is 0 Å². The molecule has 0 saturated carbocycles. The number of carbonyl (C=O) groups excluding carboxylic acids is 1. The Morgan fingerprint density at radius 3 is 2.65 bits per heavy atom. The molecule has 1 aromatic rings. The lowest BCUT2D eigenvalue weighted by Crippen LogP contribution is -2.27. The average Bonchev–Trinajstić information content (AvgIpc) is 2.28. The summed E-state index contributed by atoms with van der Waals surface area (Å²) in [4.78, 5) is 13.8. The molecule has 1 amide bonds. The van der Waals surface area contributed by atoms with Gasteiger partial charge in [0.15, 0.2) is 0 Å². The molecule has 0 fully saturated rings. The zero-order valence-electron chi connectivity index (χ0n) is 10.9. The van der Waals surface area contributed by atoms with Crippen LogP contribution in [0.25, 0.3) is 0 Å². The molecule has 0 aliphatic heterocycles. The number of rotatable bonds is 5. The smallest absolute Gasteiger partial charge is 0.251 e. The molecule has 4 heteroatoms. The van der Waals surface area contributed by atoms with Crippen molar-refractivity contribution in [2.45, 2.75) is 6.92 Å². The van der Waals surface area contributed by atoms with Gasteiger partial charge in [-0.15, -0.1) is 0 Å². The molecule has 1 N–H and O–H groups in total. The number of methoxy groups -OCH3 is 1. The van der Waals surface area contributed by atoms with E-state index in [9.17, 15) is 4.79 Å². The second-order valence-electron chi connectivity index (χ2n) is 4.14. The van der Waals surface area contributed by atoms with Crippen LogP contribution in [0.1, 0.15) is 15.9 Å². The molecule has 0 aliphatic carbocycles. The standard InChI is InChI=1S/C13H20N2O2/c1-10-9-11(5-6-12(10)15(2)3)13(16)14-7-8-17-4/h5-6,9H,7-8H2,1-4H3,(H,14,16).